The zero-order valence-electron chi connectivity index (χ0n) is 15.8. The first-order valence-electron chi connectivity index (χ1n) is 9.64. The predicted octanol–water partition coefficient (Wildman–Crippen LogP) is 3.20. The van der Waals surface area contributed by atoms with Crippen molar-refractivity contribution >= 4 is 28.1 Å². The quantitative estimate of drug-likeness (QED) is 0.667. The van der Waals surface area contributed by atoms with Gasteiger partial charge >= 0.3 is 0 Å². The molecule has 0 saturated carbocycles. The number of fused-ring (bicyclic) bond motifs is 4. The summed E-state index contributed by atoms with van der Waals surface area (Å²) in [4.78, 5) is 4.76. The molecule has 2 aromatic heterocycles. The van der Waals surface area contributed by atoms with E-state index in [1.807, 2.05) is 18.3 Å². The maximum absolute atomic E-state index is 5.66. The van der Waals surface area contributed by atoms with E-state index < -0.39 is 0 Å². The minimum atomic E-state index is 0.548. The first kappa shape index (κ1) is 16.4. The molecule has 1 unspecified atom stereocenters. The molecule has 1 aliphatic carbocycles. The van der Waals surface area contributed by atoms with Crippen LogP contribution in [0.2, 0.25) is 0 Å². The van der Waals surface area contributed by atoms with E-state index in [9.17, 15) is 0 Å². The molecule has 6 heteroatoms. The number of nitrogens with one attached hydrogen (secondary N) is 3. The van der Waals surface area contributed by atoms with Crippen molar-refractivity contribution in [2.75, 3.05) is 30.8 Å². The highest BCUT2D eigenvalue weighted by atomic mass is 16.5. The van der Waals surface area contributed by atoms with Gasteiger partial charge in [-0.15, -0.1) is 0 Å². The van der Waals surface area contributed by atoms with Gasteiger partial charge in [-0.25, -0.2) is 4.98 Å². The Hall–Kier alpha value is -2.73. The normalized spacial score (nSPS) is 18.4. The van der Waals surface area contributed by atoms with Crippen LogP contribution in [-0.2, 0) is 19.9 Å². The van der Waals surface area contributed by atoms with Crippen LogP contribution in [0.4, 0.5) is 17.1 Å². The van der Waals surface area contributed by atoms with Crippen LogP contribution >= 0.6 is 0 Å². The van der Waals surface area contributed by atoms with Crippen molar-refractivity contribution < 1.29 is 4.74 Å². The number of aromatic nitrogens is 2. The van der Waals surface area contributed by atoms with Crippen molar-refractivity contribution in [3.8, 4) is 5.75 Å². The predicted molar refractivity (Wildman–Crippen MR) is 109 cm³/mol. The fourth-order valence-electron chi connectivity index (χ4n) is 4.34. The third-order valence-corrected chi connectivity index (χ3v) is 5.79. The molecule has 0 radical (unpaired) electrons. The lowest BCUT2D eigenvalue weighted by molar-refractivity contribution is 0.323. The minimum Gasteiger partial charge on any atom is -0.490 e. The Balaban J connectivity index is 1.50. The Kier molecular flexibility index (Phi) is 3.93. The van der Waals surface area contributed by atoms with E-state index in [2.05, 4.69) is 46.7 Å². The van der Waals surface area contributed by atoms with Crippen molar-refractivity contribution in [2.24, 2.45) is 7.05 Å². The summed E-state index contributed by atoms with van der Waals surface area (Å²) in [7, 11) is 4.19. The molecular weight excluding hydrogens is 338 g/mol. The average molecular weight is 363 g/mol. The van der Waals surface area contributed by atoms with Crippen LogP contribution < -0.4 is 20.7 Å². The molecule has 0 spiro atoms. The lowest BCUT2D eigenvalue weighted by Crippen LogP contribution is -2.31. The van der Waals surface area contributed by atoms with Gasteiger partial charge in [-0.05, 0) is 56.1 Å². The van der Waals surface area contributed by atoms with Gasteiger partial charge in [0.25, 0.3) is 0 Å². The van der Waals surface area contributed by atoms with E-state index in [1.165, 1.54) is 23.1 Å². The summed E-state index contributed by atoms with van der Waals surface area (Å²) < 4.78 is 7.93. The number of hydrogen-bond acceptors (Lipinski definition) is 5. The molecule has 140 valence electrons. The number of pyridine rings is 1. The van der Waals surface area contributed by atoms with Gasteiger partial charge in [0.05, 0.1) is 17.6 Å². The molecule has 3 N–H and O–H groups in total. The summed E-state index contributed by atoms with van der Waals surface area (Å²) >= 11 is 0. The fraction of sp³-hybridized carbons (Fsp3) is 0.381. The van der Waals surface area contributed by atoms with Crippen molar-refractivity contribution in [1.82, 2.24) is 14.9 Å². The molecule has 0 bridgehead atoms. The van der Waals surface area contributed by atoms with E-state index in [4.69, 9.17) is 9.72 Å². The van der Waals surface area contributed by atoms with E-state index in [0.29, 0.717) is 12.6 Å². The Bertz CT molecular complexity index is 1010. The second kappa shape index (κ2) is 6.46. The average Bonchev–Trinajstić information content (AvgIpc) is 2.99. The molecule has 0 amide bonds. The summed E-state index contributed by atoms with van der Waals surface area (Å²) in [6.07, 6.45) is 5.27. The number of anilines is 3. The number of aryl methyl sites for hydroxylation is 1. The van der Waals surface area contributed by atoms with Gasteiger partial charge in [0, 0.05) is 36.4 Å². The summed E-state index contributed by atoms with van der Waals surface area (Å²) in [5.74, 6) is 0.913. The highest BCUT2D eigenvalue weighted by Crippen LogP contribution is 2.34. The van der Waals surface area contributed by atoms with Crippen molar-refractivity contribution in [3.63, 3.8) is 0 Å². The lowest BCUT2D eigenvalue weighted by atomic mass is 9.92. The highest BCUT2D eigenvalue weighted by molar-refractivity contribution is 5.86. The van der Waals surface area contributed by atoms with Gasteiger partial charge in [-0.1, -0.05) is 0 Å². The number of likely N-dealkylation sites (N-methyl/N-ethyl adjacent to an activating group) is 1. The Morgan fingerprint density at radius 3 is 3.07 bits per heavy atom. The van der Waals surface area contributed by atoms with Crippen LogP contribution in [0.1, 0.15) is 17.7 Å². The van der Waals surface area contributed by atoms with Gasteiger partial charge in [0.1, 0.15) is 18.0 Å². The second-order valence-electron chi connectivity index (χ2n) is 7.42. The zero-order chi connectivity index (χ0) is 18.4. The van der Waals surface area contributed by atoms with Crippen molar-refractivity contribution in [3.05, 3.63) is 41.7 Å². The van der Waals surface area contributed by atoms with Crippen LogP contribution in [0.5, 0.6) is 5.75 Å². The monoisotopic (exact) mass is 363 g/mol. The fourth-order valence-corrected chi connectivity index (χ4v) is 4.34. The van der Waals surface area contributed by atoms with Crippen molar-refractivity contribution in [2.45, 2.75) is 25.3 Å². The lowest BCUT2D eigenvalue weighted by Gasteiger charge is -2.22. The Labute approximate surface area is 158 Å². The molecule has 1 aliphatic heterocycles. The highest BCUT2D eigenvalue weighted by Gasteiger charge is 2.24. The molecular formula is C21H25N5O. The molecule has 27 heavy (non-hydrogen) atoms. The number of rotatable bonds is 3. The van der Waals surface area contributed by atoms with Crippen LogP contribution in [-0.4, -0.2) is 35.8 Å². The molecule has 1 aromatic carbocycles. The first-order valence-corrected chi connectivity index (χ1v) is 9.64. The van der Waals surface area contributed by atoms with Crippen LogP contribution in [0.25, 0.3) is 11.0 Å². The summed E-state index contributed by atoms with van der Waals surface area (Å²) in [5.41, 5.74) is 7.02. The van der Waals surface area contributed by atoms with Gasteiger partial charge in [-0.3, -0.25) is 0 Å². The molecule has 6 nitrogen and oxygen atoms in total. The van der Waals surface area contributed by atoms with Gasteiger partial charge in [0.15, 0.2) is 0 Å². The first-order chi connectivity index (χ1) is 13.2. The molecule has 1 atom stereocenters. The SMILES string of the molecule is CNC1CCc2c(c3cc(Nc4ccc5c(c4)NCCO5)cnc3n2C)C1. The van der Waals surface area contributed by atoms with Gasteiger partial charge in [-0.2, -0.15) is 0 Å². The number of ether oxygens (including phenoxy) is 1. The van der Waals surface area contributed by atoms with Crippen LogP contribution in [0.15, 0.2) is 30.5 Å². The molecule has 3 aromatic rings. The van der Waals surface area contributed by atoms with Gasteiger partial charge in [0.2, 0.25) is 0 Å². The van der Waals surface area contributed by atoms with Crippen LogP contribution in [0, 0.1) is 0 Å². The standard InChI is InChI=1S/C21H25N5O/c1-22-13-3-5-19-16(9-13)17-10-15(12-24-21(17)26(19)2)25-14-4-6-20-18(11-14)23-7-8-27-20/h4,6,10-13,22-23,25H,3,5,7-9H2,1-2H3. The van der Waals surface area contributed by atoms with Crippen LogP contribution in [0.3, 0.4) is 0 Å². The third-order valence-electron chi connectivity index (χ3n) is 5.79. The molecule has 3 heterocycles. The number of hydrogen-bond donors (Lipinski definition) is 3. The molecule has 2 aliphatic rings. The minimum absolute atomic E-state index is 0.548. The number of benzene rings is 1. The summed E-state index contributed by atoms with van der Waals surface area (Å²) in [6.45, 7) is 1.56. The van der Waals surface area contributed by atoms with E-state index in [-0.39, 0.29) is 0 Å². The zero-order valence-corrected chi connectivity index (χ0v) is 15.8. The summed E-state index contributed by atoms with van der Waals surface area (Å²) in [6, 6.07) is 8.94. The third kappa shape index (κ3) is 2.80. The van der Waals surface area contributed by atoms with E-state index >= 15 is 0 Å². The number of nitrogens with zero attached hydrogens (tertiary/aromatic N) is 2. The Morgan fingerprint density at radius 2 is 2.19 bits per heavy atom. The molecule has 0 fully saturated rings. The van der Waals surface area contributed by atoms with E-state index in [1.54, 1.807) is 0 Å². The summed E-state index contributed by atoms with van der Waals surface area (Å²) in [5, 5.41) is 11.6. The molecule has 0 saturated heterocycles. The second-order valence-corrected chi connectivity index (χ2v) is 7.42. The van der Waals surface area contributed by atoms with E-state index in [0.717, 1.165) is 47.8 Å². The Morgan fingerprint density at radius 1 is 1.26 bits per heavy atom. The largest absolute Gasteiger partial charge is 0.490 e. The maximum Gasteiger partial charge on any atom is 0.142 e. The smallest absolute Gasteiger partial charge is 0.142 e. The topological polar surface area (TPSA) is 63.1 Å². The van der Waals surface area contributed by atoms with Crippen molar-refractivity contribution in [1.29, 1.82) is 0 Å². The maximum atomic E-state index is 5.66. The molecule has 5 rings (SSSR count). The van der Waals surface area contributed by atoms with Gasteiger partial charge < -0.3 is 25.3 Å².